The zero-order valence-corrected chi connectivity index (χ0v) is 14.8. The second kappa shape index (κ2) is 9.76. The summed E-state index contributed by atoms with van der Waals surface area (Å²) in [5.41, 5.74) is 0. The molecule has 1 heterocycles. The Hall–Kier alpha value is -2.44. The molecular formula is C18H26N2O5. The molecule has 0 atom stereocenters. The third-order valence-electron chi connectivity index (χ3n) is 4.00. The van der Waals surface area contributed by atoms with Gasteiger partial charge in [-0.3, -0.25) is 4.79 Å². The maximum absolute atomic E-state index is 12.2. The number of nitrogens with zero attached hydrogens (tertiary/aromatic N) is 1. The summed E-state index contributed by atoms with van der Waals surface area (Å²) in [6.07, 6.45) is 1.25. The minimum Gasteiger partial charge on any atom is -0.490 e. The number of ether oxygens (including phenoxy) is 3. The number of likely N-dealkylation sites (tertiary alicyclic amines) is 1. The molecule has 1 aliphatic heterocycles. The van der Waals surface area contributed by atoms with Crippen LogP contribution in [0.4, 0.5) is 4.79 Å². The van der Waals surface area contributed by atoms with E-state index in [2.05, 4.69) is 5.32 Å². The van der Waals surface area contributed by atoms with Crippen LogP contribution in [0, 0.1) is 5.92 Å². The quantitative estimate of drug-likeness (QED) is 0.604. The van der Waals surface area contributed by atoms with Gasteiger partial charge in [0, 0.05) is 13.1 Å². The van der Waals surface area contributed by atoms with E-state index in [4.69, 9.17) is 14.2 Å². The number of nitrogens with one attached hydrogen (secondary N) is 1. The van der Waals surface area contributed by atoms with Crippen molar-refractivity contribution < 1.29 is 23.8 Å². The molecule has 0 saturated carbocycles. The first-order valence-electron chi connectivity index (χ1n) is 8.69. The predicted molar refractivity (Wildman–Crippen MR) is 92.6 cm³/mol. The van der Waals surface area contributed by atoms with E-state index in [9.17, 15) is 9.59 Å². The van der Waals surface area contributed by atoms with Gasteiger partial charge in [0.15, 0.2) is 18.2 Å². The van der Waals surface area contributed by atoms with E-state index in [1.165, 1.54) is 0 Å². The third-order valence-corrected chi connectivity index (χ3v) is 4.00. The van der Waals surface area contributed by atoms with E-state index in [-0.39, 0.29) is 24.6 Å². The number of carbonyl (C=O) groups is 2. The number of piperidine rings is 1. The monoisotopic (exact) mass is 350 g/mol. The van der Waals surface area contributed by atoms with Gasteiger partial charge in [-0.05, 0) is 38.8 Å². The van der Waals surface area contributed by atoms with E-state index in [1.807, 2.05) is 25.1 Å². The van der Waals surface area contributed by atoms with Gasteiger partial charge in [-0.1, -0.05) is 12.1 Å². The Bertz CT molecular complexity index is 570. The Kier molecular flexibility index (Phi) is 7.37. The highest BCUT2D eigenvalue weighted by Crippen LogP contribution is 2.26. The molecule has 1 aromatic carbocycles. The molecule has 2 rings (SSSR count). The summed E-state index contributed by atoms with van der Waals surface area (Å²) in [6.45, 7) is 5.75. The van der Waals surface area contributed by atoms with Gasteiger partial charge in [0.25, 0.3) is 0 Å². The average Bonchev–Trinajstić information content (AvgIpc) is 2.63. The molecule has 1 saturated heterocycles. The molecule has 7 heteroatoms. The van der Waals surface area contributed by atoms with Crippen LogP contribution in [0.25, 0.3) is 0 Å². The summed E-state index contributed by atoms with van der Waals surface area (Å²) < 4.78 is 16.1. The van der Waals surface area contributed by atoms with Crippen LogP contribution >= 0.6 is 0 Å². The number of rotatable bonds is 7. The van der Waals surface area contributed by atoms with Crippen molar-refractivity contribution in [3.05, 3.63) is 24.3 Å². The lowest BCUT2D eigenvalue weighted by Gasteiger charge is -2.30. The van der Waals surface area contributed by atoms with E-state index >= 15 is 0 Å². The highest BCUT2D eigenvalue weighted by molar-refractivity contribution is 5.75. The van der Waals surface area contributed by atoms with E-state index in [0.29, 0.717) is 50.6 Å². The molecule has 0 radical (unpaired) electrons. The van der Waals surface area contributed by atoms with E-state index in [1.54, 1.807) is 17.9 Å². The number of benzene rings is 1. The number of hydrogen-bond donors (Lipinski definition) is 1. The Morgan fingerprint density at radius 2 is 1.72 bits per heavy atom. The van der Waals surface area contributed by atoms with Crippen molar-refractivity contribution in [2.45, 2.75) is 26.7 Å². The topological polar surface area (TPSA) is 77.1 Å². The number of amides is 2. The van der Waals surface area contributed by atoms with Gasteiger partial charge in [0.2, 0.25) is 0 Å². The normalized spacial score (nSPS) is 14.7. The van der Waals surface area contributed by atoms with Gasteiger partial charge in [-0.2, -0.15) is 0 Å². The van der Waals surface area contributed by atoms with Crippen molar-refractivity contribution in [2.75, 3.05) is 33.0 Å². The van der Waals surface area contributed by atoms with Gasteiger partial charge >= 0.3 is 12.0 Å². The fourth-order valence-electron chi connectivity index (χ4n) is 2.71. The molecule has 0 bridgehead atoms. The minimum atomic E-state index is -0.198. The Labute approximate surface area is 148 Å². The summed E-state index contributed by atoms with van der Waals surface area (Å²) in [7, 11) is 0. The largest absolute Gasteiger partial charge is 0.490 e. The molecule has 1 N–H and O–H groups in total. The smallest absolute Gasteiger partial charge is 0.320 e. The zero-order valence-electron chi connectivity index (χ0n) is 14.8. The van der Waals surface area contributed by atoms with Gasteiger partial charge in [-0.25, -0.2) is 4.79 Å². The van der Waals surface area contributed by atoms with E-state index in [0.717, 1.165) is 0 Å². The van der Waals surface area contributed by atoms with Crippen LogP contribution in [-0.4, -0.2) is 49.9 Å². The molecule has 7 nitrogen and oxygen atoms in total. The van der Waals surface area contributed by atoms with Gasteiger partial charge in [-0.15, -0.1) is 0 Å². The number of para-hydroxylation sites is 2. The van der Waals surface area contributed by atoms with Crippen molar-refractivity contribution in [3.63, 3.8) is 0 Å². The maximum Gasteiger partial charge on any atom is 0.320 e. The van der Waals surface area contributed by atoms with Gasteiger partial charge < -0.3 is 24.4 Å². The second-order valence-electron chi connectivity index (χ2n) is 5.66. The number of hydrogen-bond acceptors (Lipinski definition) is 5. The summed E-state index contributed by atoms with van der Waals surface area (Å²) >= 11 is 0. The molecule has 0 aromatic heterocycles. The second-order valence-corrected chi connectivity index (χ2v) is 5.66. The van der Waals surface area contributed by atoms with Crippen LogP contribution < -0.4 is 14.8 Å². The summed E-state index contributed by atoms with van der Waals surface area (Å²) in [4.78, 5) is 25.6. The predicted octanol–water partition coefficient (Wildman–Crippen LogP) is 2.41. The molecule has 1 fully saturated rings. The number of esters is 1. The van der Waals surface area contributed by atoms with Crippen LogP contribution in [0.1, 0.15) is 26.7 Å². The fraction of sp³-hybridized carbons (Fsp3) is 0.556. The third kappa shape index (κ3) is 5.55. The van der Waals surface area contributed by atoms with Crippen LogP contribution in [0.15, 0.2) is 24.3 Å². The van der Waals surface area contributed by atoms with Crippen molar-refractivity contribution in [1.29, 1.82) is 0 Å². The van der Waals surface area contributed by atoms with Crippen molar-refractivity contribution >= 4 is 12.0 Å². The van der Waals surface area contributed by atoms with Crippen molar-refractivity contribution in [2.24, 2.45) is 5.92 Å². The average molecular weight is 350 g/mol. The molecule has 138 valence electrons. The Morgan fingerprint density at radius 1 is 1.08 bits per heavy atom. The lowest BCUT2D eigenvalue weighted by molar-refractivity contribution is -0.149. The van der Waals surface area contributed by atoms with Crippen molar-refractivity contribution in [1.82, 2.24) is 10.2 Å². The summed E-state index contributed by atoms with van der Waals surface area (Å²) in [5, 5.41) is 2.73. The fourth-order valence-corrected chi connectivity index (χ4v) is 2.71. The van der Waals surface area contributed by atoms with Crippen LogP contribution in [0.5, 0.6) is 11.5 Å². The first kappa shape index (κ1) is 18.9. The first-order valence-corrected chi connectivity index (χ1v) is 8.69. The molecular weight excluding hydrogens is 324 g/mol. The summed E-state index contributed by atoms with van der Waals surface area (Å²) in [6, 6.07) is 7.13. The molecule has 25 heavy (non-hydrogen) atoms. The highest BCUT2D eigenvalue weighted by atomic mass is 16.5. The van der Waals surface area contributed by atoms with Gasteiger partial charge in [0.05, 0.1) is 19.1 Å². The summed E-state index contributed by atoms with van der Waals surface area (Å²) in [5.74, 6) is 0.955. The Balaban J connectivity index is 1.74. The first-order chi connectivity index (χ1) is 12.2. The molecule has 0 spiro atoms. The van der Waals surface area contributed by atoms with Crippen molar-refractivity contribution in [3.8, 4) is 11.5 Å². The standard InChI is InChI=1S/C18H26N2O5/c1-3-23-15-7-5-6-8-16(15)25-13-19-18(22)20-11-9-14(10-12-20)17(21)24-4-2/h5-8,14H,3-4,9-13H2,1-2H3,(H,19,22). The lowest BCUT2D eigenvalue weighted by Crippen LogP contribution is -2.46. The zero-order chi connectivity index (χ0) is 18.1. The van der Waals surface area contributed by atoms with Crippen LogP contribution in [0.3, 0.4) is 0 Å². The number of urea groups is 1. The SMILES string of the molecule is CCOC(=O)C1CCN(C(=O)NCOc2ccccc2OCC)CC1. The minimum absolute atomic E-state index is 0.0563. The highest BCUT2D eigenvalue weighted by Gasteiger charge is 2.28. The maximum atomic E-state index is 12.2. The molecule has 0 aliphatic carbocycles. The van der Waals surface area contributed by atoms with E-state index < -0.39 is 0 Å². The number of carbonyl (C=O) groups excluding carboxylic acids is 2. The molecule has 1 aromatic rings. The Morgan fingerprint density at radius 3 is 2.32 bits per heavy atom. The van der Waals surface area contributed by atoms with Gasteiger partial charge in [0.1, 0.15) is 0 Å². The molecule has 2 amide bonds. The van der Waals surface area contributed by atoms with Crippen LogP contribution in [0.2, 0.25) is 0 Å². The lowest BCUT2D eigenvalue weighted by atomic mass is 9.97. The molecule has 0 unspecified atom stereocenters. The van der Waals surface area contributed by atoms with Crippen LogP contribution in [-0.2, 0) is 9.53 Å². The molecule has 1 aliphatic rings.